The first-order chi connectivity index (χ1) is 10.1. The average Bonchev–Trinajstić information content (AvgIpc) is 2.48. The van der Waals surface area contributed by atoms with Crippen LogP contribution in [0.4, 0.5) is 0 Å². The highest BCUT2D eigenvalue weighted by Crippen LogP contribution is 2.16. The summed E-state index contributed by atoms with van der Waals surface area (Å²) in [7, 11) is 3.61. The van der Waals surface area contributed by atoms with Gasteiger partial charge < -0.3 is 9.84 Å². The van der Waals surface area contributed by atoms with Crippen molar-refractivity contribution >= 4 is 5.97 Å². The first-order valence-electron chi connectivity index (χ1n) is 6.59. The summed E-state index contributed by atoms with van der Waals surface area (Å²) in [5.74, 6) is -0.277. The number of nitrogens with zero attached hydrogens (tertiary/aromatic N) is 2. The molecule has 0 aliphatic rings. The van der Waals surface area contributed by atoms with E-state index in [1.807, 2.05) is 31.3 Å². The van der Waals surface area contributed by atoms with E-state index < -0.39 is 5.97 Å². The molecule has 0 saturated carbocycles. The number of hydrogen-bond donors (Lipinski definition) is 1. The Morgan fingerprint density at radius 1 is 1.24 bits per heavy atom. The minimum Gasteiger partial charge on any atom is -0.481 e. The molecule has 21 heavy (non-hydrogen) atoms. The predicted molar refractivity (Wildman–Crippen MR) is 79.4 cm³/mol. The van der Waals surface area contributed by atoms with Gasteiger partial charge in [-0.15, -0.1) is 0 Å². The number of rotatable bonds is 6. The minimum atomic E-state index is -0.907. The Morgan fingerprint density at radius 3 is 2.57 bits per heavy atom. The molecule has 5 nitrogen and oxygen atoms in total. The highest BCUT2D eigenvalue weighted by molar-refractivity contribution is 5.87. The van der Waals surface area contributed by atoms with Crippen LogP contribution in [0.3, 0.4) is 0 Å². The van der Waals surface area contributed by atoms with Gasteiger partial charge in [0.15, 0.2) is 0 Å². The zero-order chi connectivity index (χ0) is 15.2. The third-order valence-electron chi connectivity index (χ3n) is 3.14. The standard InChI is InChI=1S/C16H18N2O3/c1-18(11-14-4-3-9-17-15(14)21-2)10-12-5-7-13(8-6-12)16(19)20/h3-9H,10-11H2,1-2H3,(H,19,20). The number of benzene rings is 1. The third kappa shape index (κ3) is 4.03. The fraction of sp³-hybridized carbons (Fsp3) is 0.250. The van der Waals surface area contributed by atoms with Gasteiger partial charge in [-0.25, -0.2) is 9.78 Å². The van der Waals surface area contributed by atoms with E-state index in [-0.39, 0.29) is 0 Å². The second kappa shape index (κ2) is 6.85. The van der Waals surface area contributed by atoms with Gasteiger partial charge in [-0.2, -0.15) is 0 Å². The topological polar surface area (TPSA) is 62.7 Å². The Kier molecular flexibility index (Phi) is 4.90. The van der Waals surface area contributed by atoms with Crippen molar-refractivity contribution in [3.05, 3.63) is 59.3 Å². The van der Waals surface area contributed by atoms with Crippen LogP contribution in [0.2, 0.25) is 0 Å². The van der Waals surface area contributed by atoms with Gasteiger partial charge in [0.2, 0.25) is 5.88 Å². The van der Waals surface area contributed by atoms with Crippen LogP contribution in [0.1, 0.15) is 21.5 Å². The Bertz CT molecular complexity index is 611. The van der Waals surface area contributed by atoms with E-state index in [1.54, 1.807) is 25.4 Å². The summed E-state index contributed by atoms with van der Waals surface area (Å²) >= 11 is 0. The lowest BCUT2D eigenvalue weighted by Gasteiger charge is -2.18. The van der Waals surface area contributed by atoms with E-state index in [9.17, 15) is 4.79 Å². The molecule has 1 aromatic carbocycles. The summed E-state index contributed by atoms with van der Waals surface area (Å²) in [6.07, 6.45) is 1.70. The van der Waals surface area contributed by atoms with Gasteiger partial charge in [-0.05, 0) is 30.8 Å². The van der Waals surface area contributed by atoms with Crippen molar-refractivity contribution in [2.45, 2.75) is 13.1 Å². The average molecular weight is 286 g/mol. The van der Waals surface area contributed by atoms with Crippen molar-refractivity contribution < 1.29 is 14.6 Å². The van der Waals surface area contributed by atoms with Crippen LogP contribution in [0, 0.1) is 0 Å². The predicted octanol–water partition coefficient (Wildman–Crippen LogP) is 2.42. The second-order valence-electron chi connectivity index (χ2n) is 4.85. The van der Waals surface area contributed by atoms with Crippen LogP contribution in [0.15, 0.2) is 42.6 Å². The number of hydrogen-bond acceptors (Lipinski definition) is 4. The molecule has 2 rings (SSSR count). The molecule has 0 radical (unpaired) electrons. The Hall–Kier alpha value is -2.40. The first kappa shape index (κ1) is 15.0. The highest BCUT2D eigenvalue weighted by atomic mass is 16.5. The molecule has 1 N–H and O–H groups in total. The quantitative estimate of drug-likeness (QED) is 0.883. The lowest BCUT2D eigenvalue weighted by molar-refractivity contribution is 0.0697. The molecular formula is C16H18N2O3. The number of carboxylic acid groups (broad SMARTS) is 1. The summed E-state index contributed by atoms with van der Waals surface area (Å²) in [5, 5.41) is 8.88. The van der Waals surface area contributed by atoms with Crippen LogP contribution in [0.5, 0.6) is 5.88 Å². The van der Waals surface area contributed by atoms with Gasteiger partial charge in [0.25, 0.3) is 0 Å². The molecule has 1 heterocycles. The second-order valence-corrected chi connectivity index (χ2v) is 4.85. The number of aromatic nitrogens is 1. The summed E-state index contributed by atoms with van der Waals surface area (Å²) in [6.45, 7) is 1.43. The van der Waals surface area contributed by atoms with Crippen molar-refractivity contribution in [1.82, 2.24) is 9.88 Å². The van der Waals surface area contributed by atoms with E-state index >= 15 is 0 Å². The van der Waals surface area contributed by atoms with Gasteiger partial charge in [-0.1, -0.05) is 18.2 Å². The lowest BCUT2D eigenvalue weighted by atomic mass is 10.1. The normalized spacial score (nSPS) is 10.6. The van der Waals surface area contributed by atoms with E-state index in [2.05, 4.69) is 9.88 Å². The number of ether oxygens (including phenoxy) is 1. The third-order valence-corrected chi connectivity index (χ3v) is 3.14. The maximum absolute atomic E-state index is 10.8. The molecule has 0 spiro atoms. The summed E-state index contributed by atoms with van der Waals surface area (Å²) in [4.78, 5) is 17.1. The lowest BCUT2D eigenvalue weighted by Crippen LogP contribution is -2.18. The van der Waals surface area contributed by atoms with Crippen molar-refractivity contribution in [2.24, 2.45) is 0 Å². The Labute approximate surface area is 123 Å². The smallest absolute Gasteiger partial charge is 0.335 e. The summed E-state index contributed by atoms with van der Waals surface area (Å²) < 4.78 is 5.24. The van der Waals surface area contributed by atoms with E-state index in [1.165, 1.54) is 0 Å². The number of carbonyl (C=O) groups is 1. The van der Waals surface area contributed by atoms with Crippen LogP contribution in [-0.4, -0.2) is 35.1 Å². The van der Waals surface area contributed by atoms with Crippen molar-refractivity contribution in [2.75, 3.05) is 14.2 Å². The molecule has 0 aliphatic carbocycles. The molecule has 2 aromatic rings. The van der Waals surface area contributed by atoms with Crippen LogP contribution >= 0.6 is 0 Å². The van der Waals surface area contributed by atoms with Gasteiger partial charge in [0.05, 0.1) is 12.7 Å². The van der Waals surface area contributed by atoms with E-state index in [0.717, 1.165) is 17.7 Å². The Morgan fingerprint density at radius 2 is 1.95 bits per heavy atom. The zero-order valence-corrected chi connectivity index (χ0v) is 12.1. The molecule has 0 bridgehead atoms. The number of aromatic carboxylic acids is 1. The van der Waals surface area contributed by atoms with Crippen molar-refractivity contribution in [3.63, 3.8) is 0 Å². The molecule has 0 saturated heterocycles. The SMILES string of the molecule is COc1ncccc1CN(C)Cc1ccc(C(=O)O)cc1. The van der Waals surface area contributed by atoms with E-state index in [4.69, 9.17) is 9.84 Å². The first-order valence-corrected chi connectivity index (χ1v) is 6.59. The van der Waals surface area contributed by atoms with Gasteiger partial charge >= 0.3 is 5.97 Å². The fourth-order valence-corrected chi connectivity index (χ4v) is 2.14. The van der Waals surface area contributed by atoms with Crippen LogP contribution in [0.25, 0.3) is 0 Å². The van der Waals surface area contributed by atoms with E-state index in [0.29, 0.717) is 18.0 Å². The van der Waals surface area contributed by atoms with Crippen molar-refractivity contribution in [1.29, 1.82) is 0 Å². The minimum absolute atomic E-state index is 0.301. The maximum atomic E-state index is 10.8. The fourth-order valence-electron chi connectivity index (χ4n) is 2.14. The monoisotopic (exact) mass is 286 g/mol. The van der Waals surface area contributed by atoms with Gasteiger partial charge in [0.1, 0.15) is 0 Å². The molecule has 110 valence electrons. The zero-order valence-electron chi connectivity index (χ0n) is 12.1. The molecule has 0 fully saturated rings. The Balaban J connectivity index is 2.01. The van der Waals surface area contributed by atoms with Gasteiger partial charge in [0, 0.05) is 24.8 Å². The largest absolute Gasteiger partial charge is 0.481 e. The summed E-state index contributed by atoms with van der Waals surface area (Å²) in [5.41, 5.74) is 2.38. The molecule has 5 heteroatoms. The van der Waals surface area contributed by atoms with Crippen molar-refractivity contribution in [3.8, 4) is 5.88 Å². The van der Waals surface area contributed by atoms with Crippen LogP contribution < -0.4 is 4.74 Å². The summed E-state index contributed by atoms with van der Waals surface area (Å²) in [6, 6.07) is 10.8. The molecule has 0 amide bonds. The van der Waals surface area contributed by atoms with Crippen LogP contribution in [-0.2, 0) is 13.1 Å². The maximum Gasteiger partial charge on any atom is 0.335 e. The molecule has 0 atom stereocenters. The molecule has 0 unspecified atom stereocenters. The number of methoxy groups -OCH3 is 1. The highest BCUT2D eigenvalue weighted by Gasteiger charge is 2.08. The number of carboxylic acids is 1. The molecule has 0 aliphatic heterocycles. The van der Waals surface area contributed by atoms with Gasteiger partial charge in [-0.3, -0.25) is 4.90 Å². The molecular weight excluding hydrogens is 268 g/mol. The molecule has 1 aromatic heterocycles. The number of pyridine rings is 1.